The first-order valence-electron chi connectivity index (χ1n) is 9.89. The molecule has 2 aromatic heterocycles. The van der Waals surface area contributed by atoms with Crippen LogP contribution in [0.2, 0.25) is 5.02 Å². The predicted molar refractivity (Wildman–Crippen MR) is 114 cm³/mol. The molecule has 0 amide bonds. The summed E-state index contributed by atoms with van der Waals surface area (Å²) in [6.45, 7) is 6.57. The summed E-state index contributed by atoms with van der Waals surface area (Å²) in [5.41, 5.74) is 5.88. The molecule has 0 spiro atoms. The first-order chi connectivity index (χ1) is 13.4. The lowest BCUT2D eigenvalue weighted by Crippen LogP contribution is -2.00. The van der Waals surface area contributed by atoms with Crippen molar-refractivity contribution >= 4 is 23.1 Å². The zero-order valence-electron chi connectivity index (χ0n) is 16.7. The van der Waals surface area contributed by atoms with Gasteiger partial charge in [-0.2, -0.15) is 5.10 Å². The number of carboxylic acids is 1. The highest BCUT2D eigenvalue weighted by molar-refractivity contribution is 6.33. The highest BCUT2D eigenvalue weighted by Gasteiger charge is 2.15. The molecule has 3 aromatic rings. The predicted octanol–water partition coefficient (Wildman–Crippen LogP) is 6.27. The maximum atomic E-state index is 11.1. The van der Waals surface area contributed by atoms with Crippen LogP contribution in [0.1, 0.15) is 62.1 Å². The molecule has 0 aliphatic heterocycles. The van der Waals surface area contributed by atoms with Gasteiger partial charge in [0.25, 0.3) is 0 Å². The summed E-state index contributed by atoms with van der Waals surface area (Å²) < 4.78 is 1.70. The monoisotopic (exact) mass is 398 g/mol. The summed E-state index contributed by atoms with van der Waals surface area (Å²) >= 11 is 6.71. The molecule has 0 saturated heterocycles. The van der Waals surface area contributed by atoms with E-state index >= 15 is 0 Å². The number of unbranched alkanes of at least 4 members (excludes halogenated alkanes) is 2. The van der Waals surface area contributed by atoms with Crippen LogP contribution in [0.5, 0.6) is 0 Å². The number of carbonyl (C=O) groups is 1. The topological polar surface area (TPSA) is 54.6 Å². The third-order valence-electron chi connectivity index (χ3n) is 5.35. The molecule has 2 heterocycles. The van der Waals surface area contributed by atoms with Gasteiger partial charge in [-0.1, -0.05) is 50.8 Å². The number of hydrogen-bond donors (Lipinski definition) is 1. The quantitative estimate of drug-likeness (QED) is 0.454. The van der Waals surface area contributed by atoms with Crippen molar-refractivity contribution in [2.75, 3.05) is 0 Å². The fraction of sp³-hybridized carbons (Fsp3) is 0.391. The van der Waals surface area contributed by atoms with E-state index in [0.717, 1.165) is 27.2 Å². The molecular weight excluding hydrogens is 372 g/mol. The molecule has 4 nitrogen and oxygen atoms in total. The van der Waals surface area contributed by atoms with Crippen LogP contribution in [0, 0.1) is 6.92 Å². The highest BCUT2D eigenvalue weighted by Crippen LogP contribution is 2.36. The summed E-state index contributed by atoms with van der Waals surface area (Å²) in [7, 11) is 0. The summed E-state index contributed by atoms with van der Waals surface area (Å²) in [4.78, 5) is 11.1. The molecule has 0 bridgehead atoms. The number of halogens is 1. The Morgan fingerprint density at radius 1 is 1.29 bits per heavy atom. The Morgan fingerprint density at radius 2 is 2.07 bits per heavy atom. The molecule has 148 valence electrons. The minimum atomic E-state index is -0.865. The second-order valence-corrected chi connectivity index (χ2v) is 7.98. The zero-order chi connectivity index (χ0) is 20.3. The standard InChI is InChI=1S/C23H27ClN2O2/c1-4-5-6-7-15(2)18-10-16(3)23(20(24)11-18)17-8-9-26-21(12-17)19(14-25-26)13-22(27)28/h8-12,14-15H,4-7,13H2,1-3H3,(H,27,28). The normalized spacial score (nSPS) is 12.4. The Hall–Kier alpha value is -2.33. The van der Waals surface area contributed by atoms with E-state index in [1.807, 2.05) is 18.3 Å². The number of carboxylic acid groups (broad SMARTS) is 1. The van der Waals surface area contributed by atoms with Crippen LogP contribution in [0.15, 0.2) is 36.7 Å². The van der Waals surface area contributed by atoms with Gasteiger partial charge in [-0.3, -0.25) is 4.79 Å². The van der Waals surface area contributed by atoms with Crippen molar-refractivity contribution in [2.45, 2.75) is 58.8 Å². The number of hydrogen-bond acceptors (Lipinski definition) is 2. The van der Waals surface area contributed by atoms with Gasteiger partial charge in [0.15, 0.2) is 0 Å². The number of benzene rings is 1. The van der Waals surface area contributed by atoms with E-state index in [-0.39, 0.29) is 6.42 Å². The van der Waals surface area contributed by atoms with Crippen LogP contribution in [-0.4, -0.2) is 20.7 Å². The van der Waals surface area contributed by atoms with Gasteiger partial charge in [-0.15, -0.1) is 0 Å². The zero-order valence-corrected chi connectivity index (χ0v) is 17.5. The highest BCUT2D eigenvalue weighted by atomic mass is 35.5. The fourth-order valence-electron chi connectivity index (χ4n) is 3.77. The molecule has 0 aliphatic carbocycles. The summed E-state index contributed by atoms with van der Waals surface area (Å²) in [5.74, 6) is -0.382. The minimum absolute atomic E-state index is 0.0477. The molecule has 0 fully saturated rings. The number of fused-ring (bicyclic) bond motifs is 1. The van der Waals surface area contributed by atoms with E-state index in [1.54, 1.807) is 10.7 Å². The lowest BCUT2D eigenvalue weighted by Gasteiger charge is -2.17. The number of aromatic nitrogens is 2. The van der Waals surface area contributed by atoms with Crippen LogP contribution in [0.3, 0.4) is 0 Å². The van der Waals surface area contributed by atoms with Crippen molar-refractivity contribution in [2.24, 2.45) is 0 Å². The third-order valence-corrected chi connectivity index (χ3v) is 5.65. The Labute approximate surface area is 171 Å². The SMILES string of the molecule is CCCCCC(C)c1cc(C)c(-c2ccn3ncc(CC(=O)O)c3c2)c(Cl)c1. The van der Waals surface area contributed by atoms with Crippen molar-refractivity contribution in [1.82, 2.24) is 9.61 Å². The van der Waals surface area contributed by atoms with Crippen LogP contribution in [-0.2, 0) is 11.2 Å². The van der Waals surface area contributed by atoms with Gasteiger partial charge in [-0.05, 0) is 54.2 Å². The summed E-state index contributed by atoms with van der Waals surface area (Å²) in [5, 5.41) is 14.1. The maximum Gasteiger partial charge on any atom is 0.307 e. The van der Waals surface area contributed by atoms with Crippen LogP contribution in [0.25, 0.3) is 16.6 Å². The van der Waals surface area contributed by atoms with Crippen molar-refractivity contribution in [3.63, 3.8) is 0 Å². The molecule has 3 rings (SSSR count). The summed E-state index contributed by atoms with van der Waals surface area (Å²) in [6.07, 6.45) is 8.32. The van der Waals surface area contributed by atoms with Gasteiger partial charge in [0.1, 0.15) is 0 Å². The number of nitrogens with zero attached hydrogens (tertiary/aromatic N) is 2. The van der Waals surface area contributed by atoms with Crippen LogP contribution in [0.4, 0.5) is 0 Å². The number of aryl methyl sites for hydroxylation is 1. The Morgan fingerprint density at radius 3 is 2.75 bits per heavy atom. The second-order valence-electron chi connectivity index (χ2n) is 7.58. The number of pyridine rings is 1. The third kappa shape index (κ3) is 4.39. The molecule has 0 radical (unpaired) electrons. The van der Waals surface area contributed by atoms with Gasteiger partial charge in [0, 0.05) is 22.3 Å². The van der Waals surface area contributed by atoms with E-state index in [2.05, 4.69) is 38.0 Å². The minimum Gasteiger partial charge on any atom is -0.481 e. The maximum absolute atomic E-state index is 11.1. The number of aliphatic carboxylic acids is 1. The molecule has 1 aromatic carbocycles. The number of rotatable bonds is 8. The second kappa shape index (κ2) is 8.78. The van der Waals surface area contributed by atoms with Gasteiger partial charge in [-0.25, -0.2) is 4.52 Å². The van der Waals surface area contributed by atoms with Crippen LogP contribution >= 0.6 is 11.6 Å². The van der Waals surface area contributed by atoms with Crippen LogP contribution < -0.4 is 0 Å². The molecule has 1 unspecified atom stereocenters. The fourth-order valence-corrected chi connectivity index (χ4v) is 4.16. The van der Waals surface area contributed by atoms with E-state index in [0.29, 0.717) is 11.5 Å². The first kappa shape index (κ1) is 20.4. The molecule has 5 heteroatoms. The van der Waals surface area contributed by atoms with Gasteiger partial charge in [0.2, 0.25) is 0 Å². The average molecular weight is 399 g/mol. The van der Waals surface area contributed by atoms with Crippen molar-refractivity contribution in [3.8, 4) is 11.1 Å². The Balaban J connectivity index is 1.96. The molecule has 0 aliphatic rings. The van der Waals surface area contributed by atoms with Crippen molar-refractivity contribution in [1.29, 1.82) is 0 Å². The molecule has 1 atom stereocenters. The first-order valence-corrected chi connectivity index (χ1v) is 10.3. The average Bonchev–Trinajstić information content (AvgIpc) is 3.03. The van der Waals surface area contributed by atoms with Crippen molar-refractivity contribution in [3.05, 3.63) is 58.4 Å². The molecular formula is C23H27ClN2O2. The van der Waals surface area contributed by atoms with Gasteiger partial charge >= 0.3 is 5.97 Å². The van der Waals surface area contributed by atoms with E-state index in [4.69, 9.17) is 16.7 Å². The Kier molecular flexibility index (Phi) is 6.40. The van der Waals surface area contributed by atoms with Gasteiger partial charge in [0.05, 0.1) is 18.1 Å². The lowest BCUT2D eigenvalue weighted by atomic mass is 9.90. The van der Waals surface area contributed by atoms with Gasteiger partial charge < -0.3 is 5.11 Å². The van der Waals surface area contributed by atoms with Crippen molar-refractivity contribution < 1.29 is 9.90 Å². The molecule has 1 N–H and O–H groups in total. The van der Waals surface area contributed by atoms with E-state index in [9.17, 15) is 4.79 Å². The molecule has 28 heavy (non-hydrogen) atoms. The summed E-state index contributed by atoms with van der Waals surface area (Å²) in [6, 6.07) is 8.27. The largest absolute Gasteiger partial charge is 0.481 e. The van der Waals surface area contributed by atoms with E-state index in [1.165, 1.54) is 31.2 Å². The lowest BCUT2D eigenvalue weighted by molar-refractivity contribution is -0.136. The molecule has 0 saturated carbocycles. The smallest absolute Gasteiger partial charge is 0.307 e. The van der Waals surface area contributed by atoms with E-state index < -0.39 is 5.97 Å². The Bertz CT molecular complexity index is 970.